The molecule has 0 saturated heterocycles. The van der Waals surface area contributed by atoms with Gasteiger partial charge in [-0.15, -0.1) is 0 Å². The molecule has 0 aliphatic carbocycles. The van der Waals surface area contributed by atoms with E-state index in [2.05, 4.69) is 53.1 Å². The average Bonchev–Trinajstić information content (AvgIpc) is 2.49. The van der Waals surface area contributed by atoms with Gasteiger partial charge in [-0.05, 0) is 19.1 Å². The van der Waals surface area contributed by atoms with E-state index in [0.717, 1.165) is 33.5 Å². The second kappa shape index (κ2) is 5.37. The van der Waals surface area contributed by atoms with E-state index in [1.165, 1.54) is 0 Å². The summed E-state index contributed by atoms with van der Waals surface area (Å²) in [5.74, 6) is 1.23. The van der Waals surface area contributed by atoms with Crippen molar-refractivity contribution >= 4 is 23.1 Å². The highest BCUT2D eigenvalue weighted by Crippen LogP contribution is 2.26. The molecule has 0 bridgehead atoms. The molecule has 0 amide bonds. The van der Waals surface area contributed by atoms with E-state index >= 15 is 0 Å². The molecule has 0 spiro atoms. The van der Waals surface area contributed by atoms with Crippen molar-refractivity contribution in [2.45, 2.75) is 26.7 Å². The van der Waals surface area contributed by atoms with Gasteiger partial charge in [0.05, 0.1) is 11.2 Å². The van der Waals surface area contributed by atoms with Crippen LogP contribution in [0, 0.1) is 11.6 Å². The molecule has 0 aliphatic rings. The zero-order valence-electron chi connectivity index (χ0n) is 12.3. The minimum atomic E-state index is 0.310. The molecule has 4 heteroatoms. The molecule has 3 aromatic rings. The number of nitrogens with zero attached hydrogens (tertiary/aromatic N) is 2. The maximum atomic E-state index is 5.40. The lowest BCUT2D eigenvalue weighted by Gasteiger charge is -2.12. The van der Waals surface area contributed by atoms with Crippen molar-refractivity contribution in [2.75, 3.05) is 0 Å². The Morgan fingerprint density at radius 1 is 1.19 bits per heavy atom. The summed E-state index contributed by atoms with van der Waals surface area (Å²) in [6, 6.07) is 10.3. The van der Waals surface area contributed by atoms with Crippen LogP contribution < -0.4 is 0 Å². The first-order chi connectivity index (χ1) is 10.1. The number of aromatic amines is 1. The van der Waals surface area contributed by atoms with E-state index in [0.29, 0.717) is 10.6 Å². The Labute approximate surface area is 129 Å². The van der Waals surface area contributed by atoms with Gasteiger partial charge in [-0.3, -0.25) is 4.98 Å². The zero-order valence-corrected chi connectivity index (χ0v) is 13.2. The summed E-state index contributed by atoms with van der Waals surface area (Å²) in [4.78, 5) is 12.3. The van der Waals surface area contributed by atoms with Gasteiger partial charge >= 0.3 is 0 Å². The van der Waals surface area contributed by atoms with Crippen molar-refractivity contribution in [3.05, 3.63) is 52.6 Å². The van der Waals surface area contributed by atoms with Gasteiger partial charge in [-0.25, -0.2) is 4.98 Å². The molecular weight excluding hydrogens is 278 g/mol. The Hall–Kier alpha value is -2.07. The van der Waals surface area contributed by atoms with E-state index in [-0.39, 0.29) is 0 Å². The van der Waals surface area contributed by atoms with E-state index in [4.69, 9.17) is 12.2 Å². The van der Waals surface area contributed by atoms with Crippen molar-refractivity contribution in [3.8, 4) is 11.3 Å². The number of fused-ring (bicyclic) bond motifs is 1. The summed E-state index contributed by atoms with van der Waals surface area (Å²) in [5.41, 5.74) is 4.11. The van der Waals surface area contributed by atoms with Crippen LogP contribution in [0.25, 0.3) is 22.2 Å². The van der Waals surface area contributed by atoms with Crippen LogP contribution in [-0.2, 0) is 0 Å². The van der Waals surface area contributed by atoms with Crippen LogP contribution >= 0.6 is 12.2 Å². The quantitative estimate of drug-likeness (QED) is 0.691. The lowest BCUT2D eigenvalue weighted by molar-refractivity contribution is 0.770. The number of aromatic nitrogens is 3. The Kier molecular flexibility index (Phi) is 3.55. The highest BCUT2D eigenvalue weighted by Gasteiger charge is 2.10. The van der Waals surface area contributed by atoms with Crippen LogP contribution in [0.15, 0.2) is 36.5 Å². The van der Waals surface area contributed by atoms with Crippen LogP contribution in [0.3, 0.4) is 0 Å². The summed E-state index contributed by atoms with van der Waals surface area (Å²) in [6.45, 7) is 6.22. The predicted molar refractivity (Wildman–Crippen MR) is 89.0 cm³/mol. The van der Waals surface area contributed by atoms with Crippen molar-refractivity contribution in [1.29, 1.82) is 0 Å². The number of hydrogen-bond acceptors (Lipinski definition) is 3. The van der Waals surface area contributed by atoms with Gasteiger partial charge < -0.3 is 4.98 Å². The third-order valence-electron chi connectivity index (χ3n) is 3.61. The maximum absolute atomic E-state index is 5.40. The van der Waals surface area contributed by atoms with E-state index in [9.17, 15) is 0 Å². The minimum absolute atomic E-state index is 0.310. The number of benzene rings is 1. The Morgan fingerprint density at radius 3 is 2.76 bits per heavy atom. The minimum Gasteiger partial charge on any atom is -0.343 e. The summed E-state index contributed by atoms with van der Waals surface area (Å²) >= 11 is 5.40. The van der Waals surface area contributed by atoms with Crippen LogP contribution in [0.2, 0.25) is 0 Å². The molecule has 0 atom stereocenters. The molecule has 0 aliphatic heterocycles. The Bertz CT molecular complexity index is 865. The highest BCUT2D eigenvalue weighted by atomic mass is 32.1. The summed E-state index contributed by atoms with van der Waals surface area (Å²) in [6.07, 6.45) is 1.81. The second-order valence-electron chi connectivity index (χ2n) is 5.49. The normalized spacial score (nSPS) is 11.2. The first kappa shape index (κ1) is 13.9. The topological polar surface area (TPSA) is 41.6 Å². The SMILES string of the molecule is Cc1c(-c2ccc3cccnc3c2)[nH]c(C(C)C)nc1=S. The molecule has 1 aromatic carbocycles. The van der Waals surface area contributed by atoms with E-state index < -0.39 is 0 Å². The van der Waals surface area contributed by atoms with Crippen LogP contribution in [0.1, 0.15) is 31.2 Å². The average molecular weight is 295 g/mol. The monoisotopic (exact) mass is 295 g/mol. The molecule has 0 fully saturated rings. The van der Waals surface area contributed by atoms with Crippen molar-refractivity contribution in [2.24, 2.45) is 0 Å². The van der Waals surface area contributed by atoms with Crippen molar-refractivity contribution < 1.29 is 0 Å². The number of rotatable bonds is 2. The molecule has 0 unspecified atom stereocenters. The first-order valence-electron chi connectivity index (χ1n) is 7.02. The van der Waals surface area contributed by atoms with Gasteiger partial charge in [0.1, 0.15) is 10.5 Å². The number of H-pyrrole nitrogens is 1. The van der Waals surface area contributed by atoms with Gasteiger partial charge in [0.25, 0.3) is 0 Å². The Balaban J connectivity index is 2.24. The molecule has 3 nitrogen and oxygen atoms in total. The molecule has 0 saturated carbocycles. The fraction of sp³-hybridized carbons (Fsp3) is 0.235. The maximum Gasteiger partial charge on any atom is 0.133 e. The molecule has 3 rings (SSSR count). The van der Waals surface area contributed by atoms with Crippen molar-refractivity contribution in [3.63, 3.8) is 0 Å². The number of pyridine rings is 1. The van der Waals surface area contributed by atoms with Gasteiger partial charge in [-0.2, -0.15) is 0 Å². The third-order valence-corrected chi connectivity index (χ3v) is 4.01. The molecule has 0 radical (unpaired) electrons. The second-order valence-corrected chi connectivity index (χ2v) is 5.88. The lowest BCUT2D eigenvalue weighted by Crippen LogP contribution is -2.02. The van der Waals surface area contributed by atoms with E-state index in [1.54, 1.807) is 0 Å². The molecule has 106 valence electrons. The highest BCUT2D eigenvalue weighted by molar-refractivity contribution is 7.71. The van der Waals surface area contributed by atoms with Gasteiger partial charge in [-0.1, -0.05) is 44.3 Å². The van der Waals surface area contributed by atoms with Crippen LogP contribution in [0.5, 0.6) is 0 Å². The summed E-state index contributed by atoms with van der Waals surface area (Å²) < 4.78 is 0.661. The number of hydrogen-bond donors (Lipinski definition) is 1. The van der Waals surface area contributed by atoms with Gasteiger partial charge in [0, 0.05) is 28.6 Å². The standard InChI is InChI=1S/C17H17N3S/c1-10(2)16-19-15(11(3)17(21)20-16)13-7-6-12-5-4-8-18-14(12)9-13/h4-10H,1-3H3,(H,19,20,21). The summed E-state index contributed by atoms with van der Waals surface area (Å²) in [5, 5.41) is 1.13. The van der Waals surface area contributed by atoms with Crippen LogP contribution in [0.4, 0.5) is 0 Å². The predicted octanol–water partition coefficient (Wildman–Crippen LogP) is 4.79. The fourth-order valence-electron chi connectivity index (χ4n) is 2.33. The molecular formula is C17H17N3S. The fourth-order valence-corrected chi connectivity index (χ4v) is 2.53. The molecule has 21 heavy (non-hydrogen) atoms. The third kappa shape index (κ3) is 2.59. The smallest absolute Gasteiger partial charge is 0.133 e. The van der Waals surface area contributed by atoms with Crippen LogP contribution in [-0.4, -0.2) is 15.0 Å². The molecule has 2 aromatic heterocycles. The number of nitrogens with one attached hydrogen (secondary N) is 1. The lowest BCUT2D eigenvalue weighted by atomic mass is 10.0. The molecule has 1 N–H and O–H groups in total. The molecule has 2 heterocycles. The zero-order chi connectivity index (χ0) is 15.0. The largest absolute Gasteiger partial charge is 0.343 e. The van der Waals surface area contributed by atoms with Gasteiger partial charge in [0.2, 0.25) is 0 Å². The Morgan fingerprint density at radius 2 is 2.00 bits per heavy atom. The summed E-state index contributed by atoms with van der Waals surface area (Å²) in [7, 11) is 0. The van der Waals surface area contributed by atoms with Gasteiger partial charge in [0.15, 0.2) is 0 Å². The first-order valence-corrected chi connectivity index (χ1v) is 7.43. The van der Waals surface area contributed by atoms with Crippen molar-refractivity contribution in [1.82, 2.24) is 15.0 Å². The van der Waals surface area contributed by atoms with E-state index in [1.807, 2.05) is 19.2 Å².